The molecule has 0 spiro atoms. The van der Waals surface area contributed by atoms with Crippen LogP contribution in [-0.2, 0) is 0 Å². The van der Waals surface area contributed by atoms with Crippen molar-refractivity contribution in [2.75, 3.05) is 41.3 Å². The molecule has 31 heavy (non-hydrogen) atoms. The lowest BCUT2D eigenvalue weighted by molar-refractivity contribution is 0.102. The standard InChI is InChI=1S/C22H21N7O2/c30-22(18-13-17(26-27-18)19-7-4-12-31-19)25-20-14-21(24-15-23-20)29-10-8-28(9-11-29)16-5-2-1-3-6-16/h1-7,12-15H,8-11H2,(H,26,27)(H,23,24,25,30). The second kappa shape index (κ2) is 8.31. The predicted octanol–water partition coefficient (Wildman–Crippen LogP) is 3.04. The third-order valence-corrected chi connectivity index (χ3v) is 5.22. The van der Waals surface area contributed by atoms with E-state index in [1.165, 1.54) is 12.0 Å². The van der Waals surface area contributed by atoms with Gasteiger partial charge in [0.25, 0.3) is 5.91 Å². The number of hydrogen-bond acceptors (Lipinski definition) is 7. The molecule has 156 valence electrons. The first-order valence-corrected chi connectivity index (χ1v) is 10.0. The summed E-state index contributed by atoms with van der Waals surface area (Å²) in [6.07, 6.45) is 3.03. The van der Waals surface area contributed by atoms with Crippen LogP contribution in [0.4, 0.5) is 17.3 Å². The van der Waals surface area contributed by atoms with Gasteiger partial charge in [0.05, 0.1) is 6.26 Å². The van der Waals surface area contributed by atoms with Crippen LogP contribution >= 0.6 is 0 Å². The van der Waals surface area contributed by atoms with Crippen LogP contribution in [0.2, 0.25) is 0 Å². The Labute approximate surface area is 178 Å². The van der Waals surface area contributed by atoms with Gasteiger partial charge in [0.2, 0.25) is 0 Å². The summed E-state index contributed by atoms with van der Waals surface area (Å²) >= 11 is 0. The van der Waals surface area contributed by atoms with E-state index < -0.39 is 0 Å². The molecule has 1 aliphatic rings. The van der Waals surface area contributed by atoms with Crippen LogP contribution in [0.15, 0.2) is 71.6 Å². The molecule has 0 unspecified atom stereocenters. The number of benzene rings is 1. The van der Waals surface area contributed by atoms with Gasteiger partial charge in [-0.2, -0.15) is 5.10 Å². The number of amides is 1. The maximum absolute atomic E-state index is 12.6. The zero-order valence-electron chi connectivity index (χ0n) is 16.7. The molecule has 1 fully saturated rings. The Kier molecular flexibility index (Phi) is 5.05. The zero-order chi connectivity index (χ0) is 21.0. The zero-order valence-corrected chi connectivity index (χ0v) is 16.7. The summed E-state index contributed by atoms with van der Waals surface area (Å²) in [6.45, 7) is 3.48. The predicted molar refractivity (Wildman–Crippen MR) is 117 cm³/mol. The maximum atomic E-state index is 12.6. The summed E-state index contributed by atoms with van der Waals surface area (Å²) in [5, 5.41) is 9.66. The van der Waals surface area contributed by atoms with Gasteiger partial charge >= 0.3 is 0 Å². The lowest BCUT2D eigenvalue weighted by atomic mass is 10.2. The lowest BCUT2D eigenvalue weighted by Gasteiger charge is -2.36. The highest BCUT2D eigenvalue weighted by atomic mass is 16.3. The first-order valence-electron chi connectivity index (χ1n) is 10.0. The minimum atomic E-state index is -0.354. The van der Waals surface area contributed by atoms with Crippen LogP contribution in [0.1, 0.15) is 10.5 Å². The van der Waals surface area contributed by atoms with E-state index in [0.717, 1.165) is 32.0 Å². The fraction of sp³-hybridized carbons (Fsp3) is 0.182. The molecule has 1 aromatic carbocycles. The van der Waals surface area contributed by atoms with Gasteiger partial charge in [-0.25, -0.2) is 9.97 Å². The van der Waals surface area contributed by atoms with E-state index in [9.17, 15) is 4.79 Å². The average Bonchev–Trinajstić information content (AvgIpc) is 3.52. The number of para-hydroxylation sites is 1. The van der Waals surface area contributed by atoms with Crippen LogP contribution in [0.5, 0.6) is 0 Å². The Morgan fingerprint density at radius 1 is 0.968 bits per heavy atom. The van der Waals surface area contributed by atoms with Gasteiger partial charge in [-0.3, -0.25) is 9.89 Å². The van der Waals surface area contributed by atoms with Gasteiger partial charge in [-0.1, -0.05) is 18.2 Å². The number of carbonyl (C=O) groups is 1. The van der Waals surface area contributed by atoms with Crippen LogP contribution in [-0.4, -0.2) is 52.3 Å². The third-order valence-electron chi connectivity index (χ3n) is 5.22. The molecule has 4 aromatic rings. The summed E-state index contributed by atoms with van der Waals surface area (Å²) in [7, 11) is 0. The molecule has 0 bridgehead atoms. The molecule has 0 atom stereocenters. The van der Waals surface area contributed by atoms with Crippen molar-refractivity contribution in [3.63, 3.8) is 0 Å². The first kappa shape index (κ1) is 18.9. The van der Waals surface area contributed by atoms with E-state index in [0.29, 0.717) is 17.3 Å². The molecule has 5 rings (SSSR count). The molecule has 9 heteroatoms. The molecule has 0 saturated carbocycles. The number of nitrogens with zero attached hydrogens (tertiary/aromatic N) is 5. The molecular weight excluding hydrogens is 394 g/mol. The summed E-state index contributed by atoms with van der Waals surface area (Å²) < 4.78 is 5.32. The number of carbonyl (C=O) groups excluding carboxylic acids is 1. The molecule has 1 saturated heterocycles. The smallest absolute Gasteiger partial charge is 0.277 e. The summed E-state index contributed by atoms with van der Waals surface area (Å²) in [4.78, 5) is 25.7. The van der Waals surface area contributed by atoms with E-state index in [1.807, 2.05) is 6.07 Å². The van der Waals surface area contributed by atoms with E-state index >= 15 is 0 Å². The van der Waals surface area contributed by atoms with Crippen molar-refractivity contribution in [2.45, 2.75) is 0 Å². The summed E-state index contributed by atoms with van der Waals surface area (Å²) in [5.41, 5.74) is 2.11. The number of rotatable bonds is 5. The highest BCUT2D eigenvalue weighted by Gasteiger charge is 2.19. The Balaban J connectivity index is 1.23. The Morgan fingerprint density at radius 2 is 1.77 bits per heavy atom. The minimum Gasteiger partial charge on any atom is -0.463 e. The SMILES string of the molecule is O=C(Nc1cc(N2CCN(c3ccccc3)CC2)ncn1)c1cc(-c2ccco2)[nH]n1. The number of aromatic nitrogens is 4. The molecule has 2 N–H and O–H groups in total. The number of hydrogen-bond donors (Lipinski definition) is 2. The molecule has 3 aromatic heterocycles. The van der Waals surface area contributed by atoms with Crippen molar-refractivity contribution >= 4 is 23.2 Å². The van der Waals surface area contributed by atoms with Crippen molar-refractivity contribution in [3.05, 3.63) is 72.9 Å². The van der Waals surface area contributed by atoms with E-state index in [-0.39, 0.29) is 11.6 Å². The number of H-pyrrole nitrogens is 1. The number of furan rings is 1. The van der Waals surface area contributed by atoms with Crippen molar-refractivity contribution in [1.82, 2.24) is 20.2 Å². The fourth-order valence-corrected chi connectivity index (χ4v) is 3.60. The monoisotopic (exact) mass is 415 g/mol. The minimum absolute atomic E-state index is 0.253. The summed E-state index contributed by atoms with van der Waals surface area (Å²) in [5.74, 6) is 1.48. The Hall–Kier alpha value is -4.14. The number of piperazine rings is 1. The topological polar surface area (TPSA) is 103 Å². The molecule has 0 aliphatic carbocycles. The largest absolute Gasteiger partial charge is 0.463 e. The molecule has 1 amide bonds. The molecular formula is C22H21N7O2. The van der Waals surface area contributed by atoms with Crippen molar-refractivity contribution in [3.8, 4) is 11.5 Å². The molecule has 0 radical (unpaired) electrons. The molecule has 9 nitrogen and oxygen atoms in total. The summed E-state index contributed by atoms with van der Waals surface area (Å²) in [6, 6.07) is 17.4. The van der Waals surface area contributed by atoms with E-state index in [1.54, 1.807) is 30.5 Å². The maximum Gasteiger partial charge on any atom is 0.277 e. The van der Waals surface area contributed by atoms with Crippen LogP contribution < -0.4 is 15.1 Å². The highest BCUT2D eigenvalue weighted by Crippen LogP contribution is 2.21. The van der Waals surface area contributed by atoms with E-state index in [2.05, 4.69) is 59.5 Å². The van der Waals surface area contributed by atoms with Gasteiger partial charge in [0.1, 0.15) is 23.7 Å². The third kappa shape index (κ3) is 4.11. The van der Waals surface area contributed by atoms with Crippen LogP contribution in [0.25, 0.3) is 11.5 Å². The van der Waals surface area contributed by atoms with Gasteiger partial charge in [-0.15, -0.1) is 0 Å². The van der Waals surface area contributed by atoms with Crippen molar-refractivity contribution in [2.24, 2.45) is 0 Å². The Bertz CT molecular complexity index is 1150. The second-order valence-corrected chi connectivity index (χ2v) is 7.17. The highest BCUT2D eigenvalue weighted by molar-refractivity contribution is 6.03. The molecule has 1 aliphatic heterocycles. The van der Waals surface area contributed by atoms with Gasteiger partial charge < -0.3 is 19.5 Å². The average molecular weight is 415 g/mol. The normalized spacial score (nSPS) is 13.9. The number of anilines is 3. The van der Waals surface area contributed by atoms with Crippen molar-refractivity contribution in [1.29, 1.82) is 0 Å². The fourth-order valence-electron chi connectivity index (χ4n) is 3.60. The quantitative estimate of drug-likeness (QED) is 0.516. The first-order chi connectivity index (χ1) is 15.3. The Morgan fingerprint density at radius 3 is 2.55 bits per heavy atom. The van der Waals surface area contributed by atoms with Crippen LogP contribution in [0.3, 0.4) is 0 Å². The second-order valence-electron chi connectivity index (χ2n) is 7.17. The van der Waals surface area contributed by atoms with Crippen LogP contribution in [0, 0.1) is 0 Å². The van der Waals surface area contributed by atoms with Gasteiger partial charge in [-0.05, 0) is 24.3 Å². The van der Waals surface area contributed by atoms with Crippen molar-refractivity contribution < 1.29 is 9.21 Å². The number of aromatic amines is 1. The van der Waals surface area contributed by atoms with E-state index in [4.69, 9.17) is 4.42 Å². The number of nitrogens with one attached hydrogen (secondary N) is 2. The van der Waals surface area contributed by atoms with Gasteiger partial charge in [0.15, 0.2) is 11.5 Å². The van der Waals surface area contributed by atoms with Gasteiger partial charge in [0, 0.05) is 44.0 Å². The molecule has 4 heterocycles. The lowest BCUT2D eigenvalue weighted by Crippen LogP contribution is -2.46.